The molecule has 2 aromatic carbocycles. The minimum Gasteiger partial charge on any atom is -0.452 e. The Morgan fingerprint density at radius 2 is 1.80 bits per heavy atom. The van der Waals surface area contributed by atoms with Gasteiger partial charge in [0.05, 0.1) is 6.04 Å². The van der Waals surface area contributed by atoms with Gasteiger partial charge in [0, 0.05) is 0 Å². The molecule has 0 heterocycles. The maximum atomic E-state index is 13.5. The van der Waals surface area contributed by atoms with Crippen molar-refractivity contribution in [1.82, 2.24) is 5.32 Å². The van der Waals surface area contributed by atoms with Crippen molar-refractivity contribution < 1.29 is 23.1 Å². The molecular weight excluding hydrogens is 328 g/mol. The normalized spacial score (nSPS) is 16.0. The summed E-state index contributed by atoms with van der Waals surface area (Å²) in [6.45, 7) is -0.592. The topological polar surface area (TPSA) is 55.4 Å². The number of ether oxygens (including phenoxy) is 1. The van der Waals surface area contributed by atoms with Crippen molar-refractivity contribution >= 4 is 11.9 Å². The predicted octanol–water partition coefficient (Wildman–Crippen LogP) is 3.32. The third-order valence-electron chi connectivity index (χ3n) is 4.21. The van der Waals surface area contributed by atoms with E-state index >= 15 is 0 Å². The number of halogens is 2. The average Bonchev–Trinajstić information content (AvgIpc) is 2.60. The summed E-state index contributed by atoms with van der Waals surface area (Å²) in [5, 5.41) is 2.81. The minimum absolute atomic E-state index is 0.152. The molecule has 0 aliphatic heterocycles. The largest absolute Gasteiger partial charge is 0.452 e. The summed E-state index contributed by atoms with van der Waals surface area (Å²) in [5.74, 6) is -3.75. The first-order valence-corrected chi connectivity index (χ1v) is 8.04. The second kappa shape index (κ2) is 7.42. The molecule has 0 unspecified atom stereocenters. The molecule has 1 amide bonds. The van der Waals surface area contributed by atoms with Crippen LogP contribution in [0.4, 0.5) is 8.78 Å². The van der Waals surface area contributed by atoms with E-state index in [0.29, 0.717) is 0 Å². The molecule has 0 saturated carbocycles. The zero-order valence-corrected chi connectivity index (χ0v) is 13.4. The molecule has 0 saturated heterocycles. The highest BCUT2D eigenvalue weighted by Crippen LogP contribution is 2.29. The summed E-state index contributed by atoms with van der Waals surface area (Å²) < 4.78 is 31.8. The van der Waals surface area contributed by atoms with Gasteiger partial charge in [0.25, 0.3) is 5.91 Å². The molecule has 6 heteroatoms. The predicted molar refractivity (Wildman–Crippen MR) is 86.9 cm³/mol. The van der Waals surface area contributed by atoms with Crippen LogP contribution in [0, 0.1) is 11.6 Å². The van der Waals surface area contributed by atoms with Crippen molar-refractivity contribution in [2.24, 2.45) is 0 Å². The van der Waals surface area contributed by atoms with Gasteiger partial charge in [-0.1, -0.05) is 30.3 Å². The molecule has 0 fully saturated rings. The lowest BCUT2D eigenvalue weighted by molar-refractivity contribution is -0.125. The fraction of sp³-hybridized carbons (Fsp3) is 0.263. The number of hydrogen-bond donors (Lipinski definition) is 1. The third kappa shape index (κ3) is 3.84. The summed E-state index contributed by atoms with van der Waals surface area (Å²) in [6.07, 6.45) is 2.70. The number of amides is 1. The van der Waals surface area contributed by atoms with Crippen molar-refractivity contribution in [3.05, 3.63) is 70.8 Å². The lowest BCUT2D eigenvalue weighted by Crippen LogP contribution is -2.34. The van der Waals surface area contributed by atoms with Crippen LogP contribution in [0.2, 0.25) is 0 Å². The van der Waals surface area contributed by atoms with E-state index in [1.807, 2.05) is 24.3 Å². The van der Waals surface area contributed by atoms with Gasteiger partial charge in [0.15, 0.2) is 6.61 Å². The van der Waals surface area contributed by atoms with Gasteiger partial charge in [-0.3, -0.25) is 4.79 Å². The molecule has 130 valence electrons. The van der Waals surface area contributed by atoms with Crippen molar-refractivity contribution in [1.29, 1.82) is 0 Å². The average molecular weight is 345 g/mol. The van der Waals surface area contributed by atoms with Gasteiger partial charge in [-0.15, -0.1) is 0 Å². The highest BCUT2D eigenvalue weighted by Gasteiger charge is 2.23. The number of fused-ring (bicyclic) bond motifs is 1. The van der Waals surface area contributed by atoms with E-state index in [4.69, 9.17) is 4.74 Å². The Bertz CT molecular complexity index is 787. The molecule has 0 aromatic heterocycles. The van der Waals surface area contributed by atoms with Crippen LogP contribution in [0.15, 0.2) is 42.5 Å². The van der Waals surface area contributed by atoms with Gasteiger partial charge < -0.3 is 10.1 Å². The SMILES string of the molecule is O=C(COC(=O)c1c(F)cccc1F)N[C@@H]1CCCc2ccccc21. The Morgan fingerprint density at radius 1 is 1.08 bits per heavy atom. The van der Waals surface area contributed by atoms with Gasteiger partial charge in [-0.2, -0.15) is 0 Å². The molecule has 3 rings (SSSR count). The zero-order valence-electron chi connectivity index (χ0n) is 13.4. The molecule has 1 aliphatic carbocycles. The second-order valence-corrected chi connectivity index (χ2v) is 5.88. The number of hydrogen-bond acceptors (Lipinski definition) is 3. The first-order chi connectivity index (χ1) is 12.1. The summed E-state index contributed by atoms with van der Waals surface area (Å²) in [4.78, 5) is 23.9. The molecule has 0 bridgehead atoms. The van der Waals surface area contributed by atoms with E-state index in [2.05, 4.69) is 5.32 Å². The monoisotopic (exact) mass is 345 g/mol. The van der Waals surface area contributed by atoms with E-state index in [-0.39, 0.29) is 6.04 Å². The molecule has 25 heavy (non-hydrogen) atoms. The quantitative estimate of drug-likeness (QED) is 0.865. The molecule has 4 nitrogen and oxygen atoms in total. The molecule has 2 aromatic rings. The third-order valence-corrected chi connectivity index (χ3v) is 4.21. The Hall–Kier alpha value is -2.76. The highest BCUT2D eigenvalue weighted by molar-refractivity contribution is 5.91. The number of aryl methyl sites for hydroxylation is 1. The standard InChI is InChI=1S/C19H17F2NO3/c20-14-8-4-9-15(21)18(14)19(24)25-11-17(23)22-16-10-3-6-12-5-1-2-7-13(12)16/h1-2,4-5,7-9,16H,3,6,10-11H2,(H,22,23)/t16-/m1/s1. The molecule has 0 spiro atoms. The van der Waals surface area contributed by atoms with E-state index < -0.39 is 35.7 Å². The van der Waals surface area contributed by atoms with Crippen LogP contribution < -0.4 is 5.32 Å². The maximum Gasteiger partial charge on any atom is 0.344 e. The Morgan fingerprint density at radius 3 is 2.56 bits per heavy atom. The minimum atomic E-state index is -1.20. The summed E-state index contributed by atoms with van der Waals surface area (Å²) in [6, 6.07) is 10.8. The number of carbonyl (C=O) groups excluding carboxylic acids is 2. The number of rotatable bonds is 4. The van der Waals surface area contributed by atoms with E-state index in [0.717, 1.165) is 43.0 Å². The van der Waals surface area contributed by atoms with Gasteiger partial charge in [0.2, 0.25) is 0 Å². The Balaban J connectivity index is 1.60. The summed E-state index contributed by atoms with van der Waals surface area (Å²) >= 11 is 0. The highest BCUT2D eigenvalue weighted by atomic mass is 19.1. The van der Waals surface area contributed by atoms with E-state index in [9.17, 15) is 18.4 Å². The van der Waals surface area contributed by atoms with Crippen LogP contribution in [0.1, 0.15) is 40.4 Å². The first kappa shape index (κ1) is 17.1. The van der Waals surface area contributed by atoms with Crippen LogP contribution in [-0.4, -0.2) is 18.5 Å². The zero-order chi connectivity index (χ0) is 17.8. The van der Waals surface area contributed by atoms with Crippen LogP contribution in [-0.2, 0) is 16.0 Å². The van der Waals surface area contributed by atoms with Gasteiger partial charge in [-0.05, 0) is 42.5 Å². The number of benzene rings is 2. The number of nitrogens with one attached hydrogen (secondary N) is 1. The van der Waals surface area contributed by atoms with E-state index in [1.54, 1.807) is 0 Å². The first-order valence-electron chi connectivity index (χ1n) is 8.04. The fourth-order valence-corrected chi connectivity index (χ4v) is 3.04. The molecular formula is C19H17F2NO3. The fourth-order valence-electron chi connectivity index (χ4n) is 3.04. The number of carbonyl (C=O) groups is 2. The van der Waals surface area contributed by atoms with E-state index in [1.165, 1.54) is 5.56 Å². The van der Waals surface area contributed by atoms with Gasteiger partial charge in [0.1, 0.15) is 17.2 Å². The van der Waals surface area contributed by atoms with Crippen LogP contribution in [0.5, 0.6) is 0 Å². The molecule has 0 radical (unpaired) electrons. The van der Waals surface area contributed by atoms with Gasteiger partial charge >= 0.3 is 5.97 Å². The van der Waals surface area contributed by atoms with Crippen molar-refractivity contribution in [3.63, 3.8) is 0 Å². The number of esters is 1. The molecule has 1 aliphatic rings. The molecule has 1 atom stereocenters. The smallest absolute Gasteiger partial charge is 0.344 e. The lowest BCUT2D eigenvalue weighted by atomic mass is 9.88. The van der Waals surface area contributed by atoms with Crippen LogP contribution in [0.25, 0.3) is 0 Å². The van der Waals surface area contributed by atoms with Crippen molar-refractivity contribution in [2.75, 3.05) is 6.61 Å². The van der Waals surface area contributed by atoms with Crippen molar-refractivity contribution in [3.8, 4) is 0 Å². The van der Waals surface area contributed by atoms with Crippen LogP contribution >= 0.6 is 0 Å². The van der Waals surface area contributed by atoms with Gasteiger partial charge in [-0.25, -0.2) is 13.6 Å². The van der Waals surface area contributed by atoms with Crippen LogP contribution in [0.3, 0.4) is 0 Å². The Labute approximate surface area is 143 Å². The lowest BCUT2D eigenvalue weighted by Gasteiger charge is -2.26. The summed E-state index contributed by atoms with van der Waals surface area (Å²) in [5.41, 5.74) is 1.44. The second-order valence-electron chi connectivity index (χ2n) is 5.88. The molecule has 1 N–H and O–H groups in total. The maximum absolute atomic E-state index is 13.5. The Kier molecular flexibility index (Phi) is 5.07. The summed E-state index contributed by atoms with van der Waals surface area (Å²) in [7, 11) is 0. The van der Waals surface area contributed by atoms with Crippen molar-refractivity contribution in [2.45, 2.75) is 25.3 Å².